The summed E-state index contributed by atoms with van der Waals surface area (Å²) < 4.78 is 42.9. The summed E-state index contributed by atoms with van der Waals surface area (Å²) in [7, 11) is -2.20. The number of carbonyl (C=O) groups is 2. The number of fused-ring (bicyclic) bond motifs is 2. The van der Waals surface area contributed by atoms with Gasteiger partial charge < -0.3 is 18.8 Å². The summed E-state index contributed by atoms with van der Waals surface area (Å²) in [5.41, 5.74) is 1.62. The highest BCUT2D eigenvalue weighted by molar-refractivity contribution is 7.91. The topological polar surface area (TPSA) is 113 Å². The van der Waals surface area contributed by atoms with Crippen LogP contribution in [0.1, 0.15) is 18.4 Å². The Hall–Kier alpha value is -3.18. The summed E-state index contributed by atoms with van der Waals surface area (Å²) in [6, 6.07) is 10.1. The summed E-state index contributed by atoms with van der Waals surface area (Å²) >= 11 is 1.22. The maximum atomic E-state index is 12.5. The molecule has 9 nitrogen and oxygen atoms in total. The molecule has 1 aromatic heterocycles. The predicted molar refractivity (Wildman–Crippen MR) is 121 cm³/mol. The van der Waals surface area contributed by atoms with Crippen molar-refractivity contribution in [2.45, 2.75) is 31.2 Å². The number of hydrogen-bond acceptors (Lipinski definition) is 8. The zero-order chi connectivity index (χ0) is 23.6. The number of nitrogens with zero attached hydrogens (tertiary/aromatic N) is 2. The highest BCUT2D eigenvalue weighted by atomic mass is 32.2. The number of esters is 1. The molecule has 0 unspecified atom stereocenters. The second-order valence-electron chi connectivity index (χ2n) is 7.46. The molecular formula is C22H22N2O7S2. The van der Waals surface area contributed by atoms with Crippen LogP contribution >= 0.6 is 11.3 Å². The van der Waals surface area contributed by atoms with Crippen LogP contribution in [-0.2, 0) is 30.7 Å². The third-order valence-corrected chi connectivity index (χ3v) is 7.95. The monoisotopic (exact) mass is 490 g/mol. The molecule has 174 valence electrons. The van der Waals surface area contributed by atoms with Gasteiger partial charge in [-0.3, -0.25) is 9.59 Å². The largest absolute Gasteiger partial charge is 0.468 e. The highest BCUT2D eigenvalue weighted by Gasteiger charge is 2.20. The van der Waals surface area contributed by atoms with E-state index in [0.29, 0.717) is 21.8 Å². The summed E-state index contributed by atoms with van der Waals surface area (Å²) in [5.74, 6) is -0.0103. The van der Waals surface area contributed by atoms with Crippen molar-refractivity contribution in [3.05, 3.63) is 46.8 Å². The third kappa shape index (κ3) is 5.09. The number of sulfone groups is 1. The number of rotatable bonds is 7. The van der Waals surface area contributed by atoms with Crippen molar-refractivity contribution in [3.63, 3.8) is 0 Å². The van der Waals surface area contributed by atoms with Gasteiger partial charge in [0, 0.05) is 18.6 Å². The zero-order valence-electron chi connectivity index (χ0n) is 18.1. The van der Waals surface area contributed by atoms with Crippen molar-refractivity contribution < 1.29 is 32.2 Å². The highest BCUT2D eigenvalue weighted by Crippen LogP contribution is 2.37. The van der Waals surface area contributed by atoms with Gasteiger partial charge in [0.1, 0.15) is 6.54 Å². The molecule has 2 aromatic carbocycles. The first kappa shape index (κ1) is 23.0. The molecule has 0 radical (unpaired) electrons. The summed E-state index contributed by atoms with van der Waals surface area (Å²) in [4.78, 5) is 29.2. The Balaban J connectivity index is 1.54. The van der Waals surface area contributed by atoms with Gasteiger partial charge in [-0.2, -0.15) is 4.99 Å². The second kappa shape index (κ2) is 9.36. The molecule has 0 saturated heterocycles. The van der Waals surface area contributed by atoms with E-state index < -0.39 is 21.7 Å². The SMILES string of the molecule is COC(=O)Cn1c(=NC(=O)CCCS(=O)(=O)c2ccc(C)cc2)sc2cc3c(cc21)OCO3. The number of hydrogen-bond donors (Lipinski definition) is 0. The Morgan fingerprint density at radius 2 is 1.85 bits per heavy atom. The molecule has 1 aliphatic heterocycles. The number of thiazole rings is 1. The lowest BCUT2D eigenvalue weighted by atomic mass is 10.2. The van der Waals surface area contributed by atoms with E-state index in [9.17, 15) is 18.0 Å². The fraction of sp³-hybridized carbons (Fsp3) is 0.318. The quantitative estimate of drug-likeness (QED) is 0.468. The van der Waals surface area contributed by atoms with Crippen molar-refractivity contribution in [1.29, 1.82) is 0 Å². The molecule has 0 spiro atoms. The summed E-state index contributed by atoms with van der Waals surface area (Å²) in [5, 5.41) is 0. The van der Waals surface area contributed by atoms with Gasteiger partial charge in [0.15, 0.2) is 26.1 Å². The molecule has 4 rings (SSSR count). The van der Waals surface area contributed by atoms with Crippen LogP contribution in [-0.4, -0.2) is 44.5 Å². The van der Waals surface area contributed by atoms with E-state index >= 15 is 0 Å². The van der Waals surface area contributed by atoms with Crippen molar-refractivity contribution in [3.8, 4) is 11.5 Å². The van der Waals surface area contributed by atoms with Gasteiger partial charge in [0.2, 0.25) is 12.7 Å². The van der Waals surface area contributed by atoms with Crippen LogP contribution in [0.5, 0.6) is 11.5 Å². The smallest absolute Gasteiger partial charge is 0.325 e. The molecule has 0 fully saturated rings. The lowest BCUT2D eigenvalue weighted by Crippen LogP contribution is -2.22. The van der Waals surface area contributed by atoms with Crippen LogP contribution < -0.4 is 14.3 Å². The molecule has 0 aliphatic carbocycles. The predicted octanol–water partition coefficient (Wildman–Crippen LogP) is 2.59. The number of carbonyl (C=O) groups excluding carboxylic acids is 2. The maximum absolute atomic E-state index is 12.5. The Kier molecular flexibility index (Phi) is 6.52. The number of benzene rings is 2. The number of aromatic nitrogens is 1. The molecule has 0 saturated carbocycles. The minimum Gasteiger partial charge on any atom is -0.468 e. The van der Waals surface area contributed by atoms with Gasteiger partial charge in [-0.1, -0.05) is 29.0 Å². The van der Waals surface area contributed by atoms with Crippen LogP contribution in [0.25, 0.3) is 10.2 Å². The lowest BCUT2D eigenvalue weighted by molar-refractivity contribution is -0.141. The standard InChI is InChI=1S/C22H22N2O7S2/c1-14-5-7-15(8-6-14)33(27,28)9-3-4-20(25)23-22-24(12-21(26)29-2)16-10-17-18(31-13-30-17)11-19(16)32-22/h5-8,10-11H,3-4,9,12-13H2,1-2H3. The first-order valence-corrected chi connectivity index (χ1v) is 12.6. The Bertz CT molecular complexity index is 1390. The molecule has 0 bridgehead atoms. The first-order chi connectivity index (χ1) is 15.8. The van der Waals surface area contributed by atoms with Crippen molar-refractivity contribution in [2.24, 2.45) is 4.99 Å². The average molecular weight is 491 g/mol. The fourth-order valence-electron chi connectivity index (χ4n) is 3.33. The van der Waals surface area contributed by atoms with Gasteiger partial charge in [0.05, 0.1) is 28.0 Å². The van der Waals surface area contributed by atoms with Gasteiger partial charge in [-0.05, 0) is 25.5 Å². The molecule has 2 heterocycles. The lowest BCUT2D eigenvalue weighted by Gasteiger charge is -2.05. The molecule has 3 aromatic rings. The van der Waals surface area contributed by atoms with E-state index in [2.05, 4.69) is 4.99 Å². The molecule has 33 heavy (non-hydrogen) atoms. The summed E-state index contributed by atoms with van der Waals surface area (Å²) in [6.07, 6.45) is 0.0939. The van der Waals surface area contributed by atoms with Crippen molar-refractivity contribution in [2.75, 3.05) is 19.7 Å². The van der Waals surface area contributed by atoms with Crippen LogP contribution in [0.15, 0.2) is 46.3 Å². The molecule has 1 amide bonds. The zero-order valence-corrected chi connectivity index (χ0v) is 19.7. The third-order valence-electron chi connectivity index (χ3n) is 5.10. The van der Waals surface area contributed by atoms with E-state index in [0.717, 1.165) is 10.3 Å². The van der Waals surface area contributed by atoms with Crippen LogP contribution in [0.4, 0.5) is 0 Å². The van der Waals surface area contributed by atoms with Crippen LogP contribution in [0.3, 0.4) is 0 Å². The van der Waals surface area contributed by atoms with E-state index in [1.807, 2.05) is 6.92 Å². The van der Waals surface area contributed by atoms with E-state index in [1.165, 1.54) is 18.4 Å². The van der Waals surface area contributed by atoms with E-state index in [4.69, 9.17) is 14.2 Å². The number of methoxy groups -OCH3 is 1. The average Bonchev–Trinajstić information content (AvgIpc) is 3.36. The minimum absolute atomic E-state index is 0.0414. The van der Waals surface area contributed by atoms with E-state index in [1.54, 1.807) is 41.0 Å². The van der Waals surface area contributed by atoms with Gasteiger partial charge in [-0.25, -0.2) is 8.42 Å². The number of ether oxygens (including phenoxy) is 3. The molecular weight excluding hydrogens is 468 g/mol. The maximum Gasteiger partial charge on any atom is 0.325 e. The Morgan fingerprint density at radius 3 is 2.55 bits per heavy atom. The van der Waals surface area contributed by atoms with Gasteiger partial charge in [-0.15, -0.1) is 0 Å². The molecule has 1 aliphatic rings. The van der Waals surface area contributed by atoms with Crippen molar-refractivity contribution >= 4 is 43.3 Å². The Labute approximate surface area is 194 Å². The first-order valence-electron chi connectivity index (χ1n) is 10.1. The van der Waals surface area contributed by atoms with Crippen molar-refractivity contribution in [1.82, 2.24) is 4.57 Å². The number of aryl methyl sites for hydroxylation is 1. The van der Waals surface area contributed by atoms with E-state index in [-0.39, 0.29) is 36.8 Å². The van der Waals surface area contributed by atoms with Gasteiger partial charge >= 0.3 is 5.97 Å². The number of amides is 1. The normalized spacial score (nSPS) is 13.5. The Morgan fingerprint density at radius 1 is 1.15 bits per heavy atom. The van der Waals surface area contributed by atoms with Crippen LogP contribution in [0.2, 0.25) is 0 Å². The molecule has 11 heteroatoms. The minimum atomic E-state index is -3.49. The van der Waals surface area contributed by atoms with Crippen LogP contribution in [0, 0.1) is 6.92 Å². The fourth-order valence-corrected chi connectivity index (χ4v) is 5.70. The molecule has 0 atom stereocenters. The van der Waals surface area contributed by atoms with Gasteiger partial charge in [0.25, 0.3) is 0 Å². The second-order valence-corrected chi connectivity index (χ2v) is 10.6. The summed E-state index contributed by atoms with van der Waals surface area (Å²) in [6.45, 7) is 1.86. The molecule has 0 N–H and O–H groups in total.